The van der Waals surface area contributed by atoms with E-state index in [4.69, 9.17) is 0 Å². The number of imidazole rings is 1. The van der Waals surface area contributed by atoms with Gasteiger partial charge in [0.25, 0.3) is 5.56 Å². The van der Waals surface area contributed by atoms with Crippen molar-refractivity contribution in [2.45, 2.75) is 0 Å². The van der Waals surface area contributed by atoms with Crippen molar-refractivity contribution in [3.05, 3.63) is 45.4 Å². The summed E-state index contributed by atoms with van der Waals surface area (Å²) in [7, 11) is 0. The first kappa shape index (κ1) is 10.3. The van der Waals surface area contributed by atoms with Crippen molar-refractivity contribution in [2.75, 3.05) is 5.32 Å². The van der Waals surface area contributed by atoms with Crippen molar-refractivity contribution in [1.29, 1.82) is 0 Å². The van der Waals surface area contributed by atoms with Crippen LogP contribution in [0, 0.1) is 0 Å². The zero-order valence-corrected chi connectivity index (χ0v) is 9.02. The monoisotopic (exact) mass is 244 g/mol. The highest BCUT2D eigenvalue weighted by atomic mass is 16.2. The topological polar surface area (TPSA) is 119 Å². The minimum Gasteiger partial charge on any atom is -0.326 e. The highest BCUT2D eigenvalue weighted by Gasteiger charge is 2.07. The summed E-state index contributed by atoms with van der Waals surface area (Å²) in [5, 5.41) is 2.96. The van der Waals surface area contributed by atoms with E-state index in [1.54, 1.807) is 24.5 Å². The van der Waals surface area contributed by atoms with Crippen LogP contribution in [-0.2, 0) is 0 Å². The highest BCUT2D eigenvalue weighted by molar-refractivity contribution is 5.73. The fourth-order valence-corrected chi connectivity index (χ4v) is 1.56. The Bertz CT molecular complexity index is 800. The van der Waals surface area contributed by atoms with Gasteiger partial charge in [-0.3, -0.25) is 19.7 Å². The first-order valence-corrected chi connectivity index (χ1v) is 5.12. The molecule has 3 rings (SSSR count). The van der Waals surface area contributed by atoms with Gasteiger partial charge in [0.2, 0.25) is 5.95 Å². The molecule has 0 atom stereocenters. The van der Waals surface area contributed by atoms with Crippen LogP contribution >= 0.6 is 0 Å². The number of rotatable bonds is 2. The molecule has 3 aromatic rings. The number of H-pyrrole nitrogens is 3. The van der Waals surface area contributed by atoms with Gasteiger partial charge in [0.1, 0.15) is 0 Å². The SMILES string of the molecule is O=c1[nH]c(=O)c2[nH]c(Nc3ccncc3)nc2[nH]1. The lowest BCUT2D eigenvalue weighted by Gasteiger charge is -1.99. The second-order valence-electron chi connectivity index (χ2n) is 3.58. The van der Waals surface area contributed by atoms with Crippen LogP contribution in [0.3, 0.4) is 0 Å². The van der Waals surface area contributed by atoms with E-state index in [2.05, 4.69) is 30.2 Å². The lowest BCUT2D eigenvalue weighted by Crippen LogP contribution is -2.21. The van der Waals surface area contributed by atoms with E-state index < -0.39 is 11.2 Å². The summed E-state index contributed by atoms with van der Waals surface area (Å²) >= 11 is 0. The smallest absolute Gasteiger partial charge is 0.326 e. The minimum absolute atomic E-state index is 0.209. The van der Waals surface area contributed by atoms with Crippen molar-refractivity contribution >= 4 is 22.8 Å². The van der Waals surface area contributed by atoms with E-state index in [0.29, 0.717) is 5.95 Å². The van der Waals surface area contributed by atoms with Gasteiger partial charge < -0.3 is 10.3 Å². The van der Waals surface area contributed by atoms with Gasteiger partial charge in [-0.1, -0.05) is 0 Å². The van der Waals surface area contributed by atoms with Crippen LogP contribution in [0.5, 0.6) is 0 Å². The number of nitrogens with one attached hydrogen (secondary N) is 4. The molecule has 18 heavy (non-hydrogen) atoms. The Kier molecular flexibility index (Phi) is 2.19. The van der Waals surface area contributed by atoms with Gasteiger partial charge in [-0.05, 0) is 12.1 Å². The summed E-state index contributed by atoms with van der Waals surface area (Å²) in [5.41, 5.74) is 0.0905. The maximum Gasteiger partial charge on any atom is 0.327 e. The van der Waals surface area contributed by atoms with E-state index >= 15 is 0 Å². The number of anilines is 2. The van der Waals surface area contributed by atoms with E-state index in [9.17, 15) is 9.59 Å². The number of fused-ring (bicyclic) bond motifs is 1. The summed E-state index contributed by atoms with van der Waals surface area (Å²) in [6, 6.07) is 3.50. The molecule has 3 heterocycles. The molecule has 0 amide bonds. The van der Waals surface area contributed by atoms with E-state index in [-0.39, 0.29) is 11.2 Å². The molecule has 0 fully saturated rings. The Balaban J connectivity index is 2.07. The molecule has 0 saturated carbocycles. The molecule has 0 spiro atoms. The molecule has 8 nitrogen and oxygen atoms in total. The Morgan fingerprint density at radius 3 is 2.61 bits per heavy atom. The Hall–Kier alpha value is -2.90. The third-order valence-corrected chi connectivity index (χ3v) is 2.33. The molecular formula is C10H8N6O2. The predicted octanol–water partition coefficient (Wildman–Crippen LogP) is 0.0781. The van der Waals surface area contributed by atoms with Crippen molar-refractivity contribution in [1.82, 2.24) is 24.9 Å². The number of aromatic amines is 3. The number of nitrogens with zero attached hydrogens (tertiary/aromatic N) is 2. The summed E-state index contributed by atoms with van der Waals surface area (Å²) in [5.74, 6) is 0.364. The maximum absolute atomic E-state index is 11.5. The number of aromatic nitrogens is 5. The lowest BCUT2D eigenvalue weighted by molar-refractivity contribution is 1.07. The van der Waals surface area contributed by atoms with Gasteiger partial charge in [-0.15, -0.1) is 0 Å². The minimum atomic E-state index is -0.588. The fraction of sp³-hybridized carbons (Fsp3) is 0. The van der Waals surface area contributed by atoms with Crippen LogP contribution in [0.2, 0.25) is 0 Å². The Morgan fingerprint density at radius 2 is 1.83 bits per heavy atom. The van der Waals surface area contributed by atoms with Crippen LogP contribution in [0.25, 0.3) is 11.2 Å². The molecule has 4 N–H and O–H groups in total. The molecule has 90 valence electrons. The maximum atomic E-state index is 11.5. The summed E-state index contributed by atoms with van der Waals surface area (Å²) in [6.45, 7) is 0. The van der Waals surface area contributed by atoms with Crippen molar-refractivity contribution in [3.8, 4) is 0 Å². The van der Waals surface area contributed by atoms with Crippen LogP contribution in [0.1, 0.15) is 0 Å². The molecule has 0 unspecified atom stereocenters. The third kappa shape index (κ3) is 1.75. The molecule has 0 aliphatic carbocycles. The van der Waals surface area contributed by atoms with Crippen molar-refractivity contribution in [3.63, 3.8) is 0 Å². The molecule has 0 bridgehead atoms. The third-order valence-electron chi connectivity index (χ3n) is 2.33. The molecule has 3 aromatic heterocycles. The van der Waals surface area contributed by atoms with Crippen LogP contribution < -0.4 is 16.6 Å². The van der Waals surface area contributed by atoms with Crippen LogP contribution in [0.15, 0.2) is 34.1 Å². The zero-order chi connectivity index (χ0) is 12.5. The average molecular weight is 244 g/mol. The van der Waals surface area contributed by atoms with E-state index in [0.717, 1.165) is 5.69 Å². The number of hydrogen-bond donors (Lipinski definition) is 4. The molecule has 0 saturated heterocycles. The number of pyridine rings is 1. The van der Waals surface area contributed by atoms with Gasteiger partial charge in [-0.25, -0.2) is 4.79 Å². The van der Waals surface area contributed by atoms with Crippen LogP contribution in [0.4, 0.5) is 11.6 Å². The Morgan fingerprint density at radius 1 is 1.06 bits per heavy atom. The summed E-state index contributed by atoms with van der Waals surface area (Å²) in [6.07, 6.45) is 3.25. The molecule has 8 heteroatoms. The molecule has 0 aliphatic heterocycles. The van der Waals surface area contributed by atoms with Gasteiger partial charge in [-0.2, -0.15) is 4.98 Å². The van der Waals surface area contributed by atoms with Gasteiger partial charge in [0.15, 0.2) is 11.2 Å². The largest absolute Gasteiger partial charge is 0.327 e. The average Bonchev–Trinajstić information content (AvgIpc) is 2.73. The van der Waals surface area contributed by atoms with Crippen molar-refractivity contribution in [2.24, 2.45) is 0 Å². The second kappa shape index (κ2) is 3.84. The first-order chi connectivity index (χ1) is 8.72. The fourth-order valence-electron chi connectivity index (χ4n) is 1.56. The molecule has 0 aliphatic rings. The second-order valence-corrected chi connectivity index (χ2v) is 3.58. The standard InChI is InChI=1S/C10H8N6O2/c17-8-6-7(15-10(18)16-8)14-9(13-6)12-5-1-3-11-4-2-5/h1-4H,(H4,11,12,13,14,15,16,17,18). The van der Waals surface area contributed by atoms with Gasteiger partial charge in [0, 0.05) is 18.1 Å². The number of hydrogen-bond acceptors (Lipinski definition) is 5. The van der Waals surface area contributed by atoms with E-state index in [1.807, 2.05) is 0 Å². The van der Waals surface area contributed by atoms with Crippen molar-refractivity contribution < 1.29 is 0 Å². The van der Waals surface area contributed by atoms with E-state index in [1.165, 1.54) is 0 Å². The quantitative estimate of drug-likeness (QED) is 0.509. The summed E-state index contributed by atoms with van der Waals surface area (Å²) < 4.78 is 0. The molecule has 0 aromatic carbocycles. The Labute approximate surface area is 99.1 Å². The predicted molar refractivity (Wildman–Crippen MR) is 64.9 cm³/mol. The van der Waals surface area contributed by atoms with Gasteiger partial charge in [0.05, 0.1) is 0 Å². The molecule has 0 radical (unpaired) electrons. The highest BCUT2D eigenvalue weighted by Crippen LogP contribution is 2.13. The summed E-state index contributed by atoms with van der Waals surface area (Å²) in [4.78, 5) is 37.8. The zero-order valence-electron chi connectivity index (χ0n) is 9.02. The van der Waals surface area contributed by atoms with Gasteiger partial charge >= 0.3 is 5.69 Å². The lowest BCUT2D eigenvalue weighted by atomic mass is 10.4. The first-order valence-electron chi connectivity index (χ1n) is 5.12. The van der Waals surface area contributed by atoms with Crippen LogP contribution in [-0.4, -0.2) is 24.9 Å². The molecular weight excluding hydrogens is 236 g/mol. The normalized spacial score (nSPS) is 10.7.